The van der Waals surface area contributed by atoms with Crippen molar-refractivity contribution in [3.63, 3.8) is 0 Å². The van der Waals surface area contributed by atoms with Crippen molar-refractivity contribution in [3.05, 3.63) is 15.6 Å². The predicted octanol–water partition coefficient (Wildman–Crippen LogP) is 2.40. The number of hydrogen-bond acceptors (Lipinski definition) is 4. The molecule has 2 N–H and O–H groups in total. The summed E-state index contributed by atoms with van der Waals surface area (Å²) >= 11 is 1.78. The molecule has 17 heavy (non-hydrogen) atoms. The lowest BCUT2D eigenvalue weighted by Crippen LogP contribution is -2.39. The summed E-state index contributed by atoms with van der Waals surface area (Å²) in [5.41, 5.74) is 1.15. The number of hydrogen-bond donors (Lipinski definition) is 2. The lowest BCUT2D eigenvalue weighted by atomic mass is 9.85. The van der Waals surface area contributed by atoms with E-state index in [1.807, 2.05) is 0 Å². The van der Waals surface area contributed by atoms with E-state index in [1.54, 1.807) is 11.3 Å². The molecule has 0 bridgehead atoms. The van der Waals surface area contributed by atoms with Crippen LogP contribution in [0.25, 0.3) is 0 Å². The Bertz CT molecular complexity index is 345. The van der Waals surface area contributed by atoms with Crippen molar-refractivity contribution in [1.29, 1.82) is 0 Å². The van der Waals surface area contributed by atoms with Crippen molar-refractivity contribution in [1.82, 2.24) is 10.3 Å². The van der Waals surface area contributed by atoms with E-state index in [4.69, 9.17) is 0 Å². The van der Waals surface area contributed by atoms with Gasteiger partial charge in [0, 0.05) is 24.1 Å². The highest BCUT2D eigenvalue weighted by Gasteiger charge is 2.24. The van der Waals surface area contributed by atoms with Crippen LogP contribution in [0.15, 0.2) is 0 Å². The molecular weight excluding hydrogens is 232 g/mol. The van der Waals surface area contributed by atoms with E-state index >= 15 is 0 Å². The SMILES string of the molecule is Cc1nc(CNC2CCCCC2CO)sc1C. The summed E-state index contributed by atoms with van der Waals surface area (Å²) < 4.78 is 0. The number of aryl methyl sites for hydroxylation is 2. The molecule has 0 aromatic carbocycles. The van der Waals surface area contributed by atoms with Crippen LogP contribution in [0.2, 0.25) is 0 Å². The summed E-state index contributed by atoms with van der Waals surface area (Å²) in [6.45, 7) is 5.34. The Hall–Kier alpha value is -0.450. The fourth-order valence-electron chi connectivity index (χ4n) is 2.53. The number of aromatic nitrogens is 1. The summed E-state index contributed by atoms with van der Waals surface area (Å²) in [7, 11) is 0. The molecule has 0 radical (unpaired) electrons. The summed E-state index contributed by atoms with van der Waals surface area (Å²) in [4.78, 5) is 5.85. The third kappa shape index (κ3) is 3.27. The zero-order chi connectivity index (χ0) is 12.3. The van der Waals surface area contributed by atoms with Gasteiger partial charge in [-0.05, 0) is 32.6 Å². The minimum absolute atomic E-state index is 0.313. The van der Waals surface area contributed by atoms with Gasteiger partial charge in [-0.25, -0.2) is 4.98 Å². The van der Waals surface area contributed by atoms with Gasteiger partial charge in [-0.1, -0.05) is 12.8 Å². The summed E-state index contributed by atoms with van der Waals surface area (Å²) in [6.07, 6.45) is 4.89. The normalized spacial score (nSPS) is 25.1. The number of nitrogens with one attached hydrogen (secondary N) is 1. The van der Waals surface area contributed by atoms with Crippen LogP contribution >= 0.6 is 11.3 Å². The second-order valence-electron chi connectivity index (χ2n) is 4.96. The van der Waals surface area contributed by atoms with Crippen molar-refractivity contribution in [2.24, 2.45) is 5.92 Å². The van der Waals surface area contributed by atoms with Gasteiger partial charge >= 0.3 is 0 Å². The van der Waals surface area contributed by atoms with Crippen LogP contribution in [0.3, 0.4) is 0 Å². The van der Waals surface area contributed by atoms with E-state index in [-0.39, 0.29) is 0 Å². The minimum atomic E-state index is 0.313. The molecule has 1 heterocycles. The van der Waals surface area contributed by atoms with Crippen molar-refractivity contribution in [2.75, 3.05) is 6.61 Å². The molecule has 1 aliphatic carbocycles. The van der Waals surface area contributed by atoms with Gasteiger partial charge < -0.3 is 10.4 Å². The molecule has 0 spiro atoms. The highest BCUT2D eigenvalue weighted by molar-refractivity contribution is 7.11. The fraction of sp³-hybridized carbons (Fsp3) is 0.769. The van der Waals surface area contributed by atoms with Crippen molar-refractivity contribution in [2.45, 2.75) is 52.1 Å². The molecule has 2 unspecified atom stereocenters. The number of nitrogens with zero attached hydrogens (tertiary/aromatic N) is 1. The maximum atomic E-state index is 9.35. The highest BCUT2D eigenvalue weighted by Crippen LogP contribution is 2.24. The molecule has 96 valence electrons. The molecule has 1 aliphatic rings. The van der Waals surface area contributed by atoms with Gasteiger partial charge in [-0.2, -0.15) is 0 Å². The molecule has 0 aliphatic heterocycles. The van der Waals surface area contributed by atoms with Crippen LogP contribution in [0, 0.1) is 19.8 Å². The van der Waals surface area contributed by atoms with Gasteiger partial charge in [0.15, 0.2) is 0 Å². The second kappa shape index (κ2) is 5.94. The molecule has 1 saturated carbocycles. The maximum absolute atomic E-state index is 9.35. The molecule has 0 amide bonds. The first-order valence-electron chi connectivity index (χ1n) is 6.48. The predicted molar refractivity (Wildman–Crippen MR) is 71.3 cm³/mol. The van der Waals surface area contributed by atoms with Crippen molar-refractivity contribution in [3.8, 4) is 0 Å². The van der Waals surface area contributed by atoms with Crippen LogP contribution in [0.4, 0.5) is 0 Å². The van der Waals surface area contributed by atoms with Crippen LogP contribution in [0.1, 0.15) is 41.3 Å². The quantitative estimate of drug-likeness (QED) is 0.867. The molecule has 2 atom stereocenters. The van der Waals surface area contributed by atoms with Crippen LogP contribution in [-0.2, 0) is 6.54 Å². The summed E-state index contributed by atoms with van der Waals surface area (Å²) in [6, 6.07) is 0.471. The third-order valence-corrected chi connectivity index (χ3v) is 4.80. The molecule has 3 nitrogen and oxygen atoms in total. The van der Waals surface area contributed by atoms with E-state index < -0.39 is 0 Å². The van der Waals surface area contributed by atoms with E-state index in [9.17, 15) is 5.11 Å². The Morgan fingerprint density at radius 2 is 2.12 bits per heavy atom. The van der Waals surface area contributed by atoms with Crippen molar-refractivity contribution >= 4 is 11.3 Å². The fourth-order valence-corrected chi connectivity index (χ4v) is 3.41. The average molecular weight is 254 g/mol. The first-order valence-corrected chi connectivity index (χ1v) is 7.29. The Morgan fingerprint density at radius 3 is 2.76 bits per heavy atom. The average Bonchev–Trinajstić information content (AvgIpc) is 2.66. The number of aliphatic hydroxyl groups is 1. The monoisotopic (exact) mass is 254 g/mol. The first-order chi connectivity index (χ1) is 8.20. The number of rotatable bonds is 4. The van der Waals surface area contributed by atoms with Gasteiger partial charge in [0.25, 0.3) is 0 Å². The Kier molecular flexibility index (Phi) is 4.54. The Morgan fingerprint density at radius 1 is 1.35 bits per heavy atom. The van der Waals surface area contributed by atoms with Crippen LogP contribution in [-0.4, -0.2) is 22.7 Å². The van der Waals surface area contributed by atoms with E-state index in [0.717, 1.165) is 18.7 Å². The summed E-state index contributed by atoms with van der Waals surface area (Å²) in [5, 5.41) is 14.1. The van der Waals surface area contributed by atoms with Gasteiger partial charge in [-0.15, -0.1) is 11.3 Å². The number of thiazole rings is 1. The molecule has 0 saturated heterocycles. The minimum Gasteiger partial charge on any atom is -0.396 e. The summed E-state index contributed by atoms with van der Waals surface area (Å²) in [5.74, 6) is 0.436. The zero-order valence-electron chi connectivity index (χ0n) is 10.7. The van der Waals surface area contributed by atoms with E-state index in [2.05, 4.69) is 24.1 Å². The van der Waals surface area contributed by atoms with Crippen LogP contribution in [0.5, 0.6) is 0 Å². The van der Waals surface area contributed by atoms with Crippen molar-refractivity contribution < 1.29 is 5.11 Å². The zero-order valence-corrected chi connectivity index (χ0v) is 11.5. The second-order valence-corrected chi connectivity index (χ2v) is 6.25. The maximum Gasteiger partial charge on any atom is 0.107 e. The largest absolute Gasteiger partial charge is 0.396 e. The molecule has 2 rings (SSSR count). The van der Waals surface area contributed by atoms with E-state index in [1.165, 1.54) is 29.1 Å². The van der Waals surface area contributed by atoms with E-state index in [0.29, 0.717) is 18.6 Å². The molecule has 1 fully saturated rings. The van der Waals surface area contributed by atoms with Gasteiger partial charge in [-0.3, -0.25) is 0 Å². The third-order valence-electron chi connectivity index (χ3n) is 3.73. The molecular formula is C13H22N2OS. The van der Waals surface area contributed by atoms with Gasteiger partial charge in [0.1, 0.15) is 5.01 Å². The highest BCUT2D eigenvalue weighted by atomic mass is 32.1. The Balaban J connectivity index is 1.88. The standard InChI is InChI=1S/C13H22N2OS/c1-9-10(2)17-13(15-9)7-14-12-6-4-3-5-11(12)8-16/h11-12,14,16H,3-8H2,1-2H3. The topological polar surface area (TPSA) is 45.2 Å². The van der Waals surface area contributed by atoms with Crippen LogP contribution < -0.4 is 5.32 Å². The smallest absolute Gasteiger partial charge is 0.107 e. The Labute approximate surface area is 107 Å². The molecule has 4 heteroatoms. The lowest BCUT2D eigenvalue weighted by Gasteiger charge is -2.30. The first kappa shape index (κ1) is 13.0. The van der Waals surface area contributed by atoms with Gasteiger partial charge in [0.2, 0.25) is 0 Å². The number of aliphatic hydroxyl groups excluding tert-OH is 1. The van der Waals surface area contributed by atoms with Gasteiger partial charge in [0.05, 0.1) is 5.69 Å². The molecule has 1 aromatic rings. The lowest BCUT2D eigenvalue weighted by molar-refractivity contribution is 0.152. The molecule has 1 aromatic heterocycles.